The van der Waals surface area contributed by atoms with Gasteiger partial charge in [-0.25, -0.2) is 4.79 Å². The second kappa shape index (κ2) is 20.3. The van der Waals surface area contributed by atoms with Crippen LogP contribution in [-0.2, 0) is 21.3 Å². The minimum atomic E-state index is -4.78. The minimum absolute atomic E-state index is 0.196. The van der Waals surface area contributed by atoms with Crippen molar-refractivity contribution in [2.24, 2.45) is 0 Å². The normalized spacial score (nSPS) is 11.6. The highest BCUT2D eigenvalue weighted by atomic mass is 32.2. The highest BCUT2D eigenvalue weighted by Crippen LogP contribution is 2.61. The van der Waals surface area contributed by atoms with Crippen molar-refractivity contribution in [3.63, 3.8) is 0 Å². The van der Waals surface area contributed by atoms with Crippen molar-refractivity contribution in [2.45, 2.75) is 90.4 Å². The van der Waals surface area contributed by atoms with Gasteiger partial charge in [-0.05, 0) is 49.8 Å². The maximum Gasteiger partial charge on any atom is 0.338 e. The molecule has 0 amide bonds. The molecule has 0 saturated carbocycles. The fourth-order valence-corrected chi connectivity index (χ4v) is 10.2. The number of esters is 1. The zero-order valence-corrected chi connectivity index (χ0v) is 25.8. The van der Waals surface area contributed by atoms with Crippen LogP contribution in [0.3, 0.4) is 0 Å². The third-order valence-corrected chi connectivity index (χ3v) is 12.5. The molecule has 0 aliphatic heterocycles. The predicted octanol–water partition coefficient (Wildman–Crippen LogP) is 4.19. The molecule has 0 bridgehead atoms. The van der Waals surface area contributed by atoms with Gasteiger partial charge in [0.25, 0.3) is 10.1 Å². The van der Waals surface area contributed by atoms with Crippen molar-refractivity contribution in [3.8, 4) is 0 Å². The number of carbonyl (C=O) groups excluding carboxylic acids is 2. The molecule has 11 heteroatoms. The van der Waals surface area contributed by atoms with E-state index < -0.39 is 65.2 Å². The number of unbranched alkanes of at least 4 members (excludes halogenated alkanes) is 4. The van der Waals surface area contributed by atoms with Gasteiger partial charge >= 0.3 is 5.97 Å². The van der Waals surface area contributed by atoms with E-state index in [1.165, 1.54) is 51.4 Å². The van der Waals surface area contributed by atoms with E-state index in [1.807, 2.05) is 0 Å². The van der Waals surface area contributed by atoms with Crippen molar-refractivity contribution in [3.05, 3.63) is 28.8 Å². The second-order valence-corrected chi connectivity index (χ2v) is 15.6. The van der Waals surface area contributed by atoms with E-state index in [0.717, 1.165) is 6.07 Å². The monoisotopic (exact) mass is 592 g/mol. The zero-order valence-electron chi connectivity index (χ0n) is 24.1. The zero-order chi connectivity index (χ0) is 29.9. The lowest BCUT2D eigenvalue weighted by Gasteiger charge is -2.28. The lowest BCUT2D eigenvalue weighted by Crippen LogP contribution is -2.26. The summed E-state index contributed by atoms with van der Waals surface area (Å²) >= 11 is 0. The molecule has 0 aromatic heterocycles. The average molecular weight is 593 g/mol. The van der Waals surface area contributed by atoms with Crippen LogP contribution in [0.4, 0.5) is 0 Å². The van der Waals surface area contributed by atoms with Gasteiger partial charge in [0.1, 0.15) is 6.61 Å². The third-order valence-electron chi connectivity index (χ3n) is 6.59. The SMILES string of the molecule is CCCC[P+](CCCC)(CCCC)CCCC.O=C([O-])c1cc(S(=O)(=O)O)cc(C(=O)OCCO)c1CCO. The van der Waals surface area contributed by atoms with Gasteiger partial charge in [0, 0.05) is 19.4 Å². The van der Waals surface area contributed by atoms with Crippen molar-refractivity contribution >= 4 is 29.3 Å². The lowest BCUT2D eigenvalue weighted by molar-refractivity contribution is -0.255. The highest BCUT2D eigenvalue weighted by molar-refractivity contribution is 7.85. The van der Waals surface area contributed by atoms with Crippen LogP contribution in [0.2, 0.25) is 0 Å². The molecule has 0 fully saturated rings. The molecular formula is C28H49O9PS. The number of carboxylic acid groups (broad SMARTS) is 1. The van der Waals surface area contributed by atoms with Gasteiger partial charge in [-0.2, -0.15) is 8.42 Å². The minimum Gasteiger partial charge on any atom is -0.545 e. The van der Waals surface area contributed by atoms with Crippen LogP contribution in [0.15, 0.2) is 17.0 Å². The van der Waals surface area contributed by atoms with Crippen LogP contribution in [0.5, 0.6) is 0 Å². The lowest BCUT2D eigenvalue weighted by atomic mass is 9.98. The number of ether oxygens (including phenoxy) is 1. The molecule has 3 N–H and O–H groups in total. The number of aliphatic hydroxyl groups is 2. The van der Waals surface area contributed by atoms with Gasteiger partial charge < -0.3 is 24.9 Å². The van der Waals surface area contributed by atoms with E-state index in [4.69, 9.17) is 14.8 Å². The number of benzene rings is 1. The molecule has 0 saturated heterocycles. The maximum atomic E-state index is 11.8. The molecule has 1 aromatic carbocycles. The summed E-state index contributed by atoms with van der Waals surface area (Å²) in [5.74, 6) is -2.89. The topological polar surface area (TPSA) is 161 Å². The summed E-state index contributed by atoms with van der Waals surface area (Å²) in [6.07, 6.45) is 17.7. The number of carboxylic acids is 1. The molecule has 1 aromatic rings. The summed E-state index contributed by atoms with van der Waals surface area (Å²) in [6.45, 7) is 8.01. The first-order valence-corrected chi connectivity index (χ1v) is 18.0. The highest BCUT2D eigenvalue weighted by Gasteiger charge is 2.34. The molecule has 226 valence electrons. The molecule has 0 atom stereocenters. The van der Waals surface area contributed by atoms with Crippen LogP contribution in [-0.4, -0.2) is 79.6 Å². The molecule has 39 heavy (non-hydrogen) atoms. The molecule has 0 heterocycles. The quantitative estimate of drug-likeness (QED) is 0.122. The standard InChI is InChI=1S/C16H36P.C12H14O9S/c1-5-9-13-17(14-10-6-2,15-11-7-3)16-12-8-4;13-2-1-8-9(11(15)16)5-7(22(18,19)20)6-10(8)12(17)21-4-3-14/h5-16H2,1-4H3;5-6,13-14H,1-4H2,(H,15,16)(H,18,19,20)/q+1;/p-1. The van der Waals surface area contributed by atoms with Gasteiger partial charge in [0.2, 0.25) is 0 Å². The first kappa shape index (κ1) is 37.4. The molecular weight excluding hydrogens is 543 g/mol. The Kier molecular flexibility index (Phi) is 19.5. The van der Waals surface area contributed by atoms with Gasteiger partial charge in [-0.3, -0.25) is 4.55 Å². The molecule has 0 spiro atoms. The van der Waals surface area contributed by atoms with E-state index in [1.54, 1.807) is 24.6 Å². The second-order valence-electron chi connectivity index (χ2n) is 9.74. The summed E-state index contributed by atoms with van der Waals surface area (Å²) in [6, 6.07) is 1.35. The fourth-order valence-electron chi connectivity index (χ4n) is 4.40. The van der Waals surface area contributed by atoms with E-state index in [0.29, 0.717) is 6.07 Å². The number of hydrogen-bond acceptors (Lipinski definition) is 8. The van der Waals surface area contributed by atoms with Gasteiger partial charge in [0.15, 0.2) is 0 Å². The Bertz CT molecular complexity index is 927. The Balaban J connectivity index is 0.000000768. The first-order valence-electron chi connectivity index (χ1n) is 14.1. The summed E-state index contributed by atoms with van der Waals surface area (Å²) in [5.41, 5.74) is -1.32. The average Bonchev–Trinajstić information content (AvgIpc) is 2.90. The summed E-state index contributed by atoms with van der Waals surface area (Å²) in [5, 5.41) is 28.7. The van der Waals surface area contributed by atoms with Gasteiger partial charge in [-0.1, -0.05) is 53.4 Å². The molecule has 9 nitrogen and oxygen atoms in total. The van der Waals surface area contributed by atoms with E-state index in [2.05, 4.69) is 32.4 Å². The van der Waals surface area contributed by atoms with Crippen LogP contribution < -0.4 is 5.11 Å². The van der Waals surface area contributed by atoms with E-state index in [-0.39, 0.29) is 12.0 Å². The van der Waals surface area contributed by atoms with E-state index >= 15 is 0 Å². The Morgan fingerprint density at radius 1 is 0.821 bits per heavy atom. The number of rotatable bonds is 19. The fraction of sp³-hybridized carbons (Fsp3) is 0.714. The molecule has 1 rings (SSSR count). The molecule has 0 unspecified atom stereocenters. The molecule has 0 radical (unpaired) electrons. The summed E-state index contributed by atoms with van der Waals surface area (Å²) in [4.78, 5) is 22.1. The Morgan fingerprint density at radius 3 is 1.59 bits per heavy atom. The van der Waals surface area contributed by atoms with Crippen molar-refractivity contribution in [1.82, 2.24) is 0 Å². The van der Waals surface area contributed by atoms with Gasteiger partial charge in [-0.15, -0.1) is 0 Å². The van der Waals surface area contributed by atoms with Crippen LogP contribution in [0, 0.1) is 0 Å². The van der Waals surface area contributed by atoms with Crippen molar-refractivity contribution in [1.29, 1.82) is 0 Å². The largest absolute Gasteiger partial charge is 0.545 e. The maximum absolute atomic E-state index is 11.8. The number of aromatic carboxylic acids is 1. The summed E-state index contributed by atoms with van der Waals surface area (Å²) in [7, 11) is -5.34. The Morgan fingerprint density at radius 2 is 1.26 bits per heavy atom. The smallest absolute Gasteiger partial charge is 0.338 e. The first-order chi connectivity index (χ1) is 18.5. The van der Waals surface area contributed by atoms with Crippen LogP contribution >= 0.6 is 7.26 Å². The number of aliphatic hydroxyl groups excluding tert-OH is 2. The van der Waals surface area contributed by atoms with E-state index in [9.17, 15) is 23.1 Å². The molecule has 0 aliphatic rings. The van der Waals surface area contributed by atoms with Gasteiger partial charge in [0.05, 0.1) is 47.7 Å². The number of hydrogen-bond donors (Lipinski definition) is 3. The van der Waals surface area contributed by atoms with Crippen molar-refractivity contribution in [2.75, 3.05) is 44.5 Å². The summed E-state index contributed by atoms with van der Waals surface area (Å²) < 4.78 is 36.0. The predicted molar refractivity (Wildman–Crippen MR) is 155 cm³/mol. The number of carbonyl (C=O) groups is 2. The van der Waals surface area contributed by atoms with Crippen LogP contribution in [0.1, 0.15) is 105 Å². The Labute approximate surface area is 235 Å². The molecule has 0 aliphatic carbocycles. The Hall–Kier alpha value is -1.58. The van der Waals surface area contributed by atoms with Crippen LogP contribution in [0.25, 0.3) is 0 Å². The third kappa shape index (κ3) is 14.0. The van der Waals surface area contributed by atoms with Crippen molar-refractivity contribution < 1.29 is 42.6 Å².